The summed E-state index contributed by atoms with van der Waals surface area (Å²) in [6, 6.07) is 15.3. The third kappa shape index (κ3) is 7.03. The Labute approximate surface area is 254 Å². The Bertz CT molecular complexity index is 1300. The van der Waals surface area contributed by atoms with Gasteiger partial charge in [0.05, 0.1) is 30.2 Å². The number of rotatable bonds is 12. The molecule has 3 atom stereocenters. The van der Waals surface area contributed by atoms with Crippen LogP contribution < -0.4 is 25.2 Å². The van der Waals surface area contributed by atoms with Gasteiger partial charge in [-0.2, -0.15) is 0 Å². The van der Waals surface area contributed by atoms with Crippen molar-refractivity contribution < 1.29 is 28.6 Å². The first kappa shape index (κ1) is 31.0. The smallest absolute Gasteiger partial charge is 0.270 e. The highest BCUT2D eigenvalue weighted by molar-refractivity contribution is 6.04. The molecular weight excluding hydrogens is 548 g/mol. The highest BCUT2D eigenvalue weighted by Crippen LogP contribution is 2.43. The summed E-state index contributed by atoms with van der Waals surface area (Å²) in [4.78, 5) is 44.5. The number of anilines is 2. The second-order valence-electron chi connectivity index (χ2n) is 12.2. The van der Waals surface area contributed by atoms with Gasteiger partial charge in [0, 0.05) is 52.2 Å². The molecule has 2 aromatic rings. The van der Waals surface area contributed by atoms with E-state index >= 15 is 0 Å². The molecule has 2 heterocycles. The molecule has 0 radical (unpaired) electrons. The Kier molecular flexibility index (Phi) is 9.68. The van der Waals surface area contributed by atoms with Gasteiger partial charge in [-0.3, -0.25) is 14.4 Å². The molecule has 3 amide bonds. The van der Waals surface area contributed by atoms with Gasteiger partial charge in [-0.1, -0.05) is 30.3 Å². The van der Waals surface area contributed by atoms with E-state index < -0.39 is 5.60 Å². The molecule has 1 saturated heterocycles. The van der Waals surface area contributed by atoms with Crippen molar-refractivity contribution in [1.29, 1.82) is 0 Å². The van der Waals surface area contributed by atoms with E-state index in [4.69, 9.17) is 14.2 Å². The average molecular weight is 593 g/mol. The summed E-state index contributed by atoms with van der Waals surface area (Å²) in [5.41, 5.74) is 1.40. The first-order valence-corrected chi connectivity index (χ1v) is 15.3. The molecule has 232 valence electrons. The van der Waals surface area contributed by atoms with Crippen molar-refractivity contribution in [3.8, 4) is 5.75 Å². The summed E-state index contributed by atoms with van der Waals surface area (Å²) in [6.07, 6.45) is 2.98. The standard InChI is InChI=1S/C33H44N4O6/c1-33(2)32(40)36(15-8-16-41-3)28-18-26(13-14-29(28)43-33)37(25-11-12-25)31(39)24-17-23(19-34-20-24)30(38)35-27(21-42-4)22-9-6-5-7-10-22/h5-7,9-10,13-14,18,23-25,27,34H,8,11-12,15-17,19-21H2,1-4H3,(H,35,38)/t23-,24+,27-/m0/s1. The second-order valence-corrected chi connectivity index (χ2v) is 12.2. The van der Waals surface area contributed by atoms with Gasteiger partial charge >= 0.3 is 0 Å². The number of carbonyl (C=O) groups is 3. The fraction of sp³-hybridized carbons (Fsp3) is 0.545. The average Bonchev–Trinajstić information content (AvgIpc) is 3.85. The van der Waals surface area contributed by atoms with Crippen LogP contribution in [0.4, 0.5) is 11.4 Å². The molecule has 0 aromatic heterocycles. The number of fused-ring (bicyclic) bond motifs is 1. The van der Waals surface area contributed by atoms with Gasteiger partial charge in [-0.25, -0.2) is 0 Å². The number of hydrogen-bond donors (Lipinski definition) is 2. The monoisotopic (exact) mass is 592 g/mol. The quantitative estimate of drug-likeness (QED) is 0.364. The van der Waals surface area contributed by atoms with Crippen LogP contribution in [0.2, 0.25) is 0 Å². The van der Waals surface area contributed by atoms with Crippen LogP contribution in [-0.2, 0) is 23.9 Å². The number of amides is 3. The lowest BCUT2D eigenvalue weighted by molar-refractivity contribution is -0.132. The molecule has 5 rings (SSSR count). The van der Waals surface area contributed by atoms with Crippen molar-refractivity contribution >= 4 is 29.1 Å². The fourth-order valence-corrected chi connectivity index (χ4v) is 6.03. The van der Waals surface area contributed by atoms with E-state index in [2.05, 4.69) is 10.6 Å². The summed E-state index contributed by atoms with van der Waals surface area (Å²) < 4.78 is 16.7. The predicted octanol–water partition coefficient (Wildman–Crippen LogP) is 3.45. The van der Waals surface area contributed by atoms with Gasteiger partial charge in [0.1, 0.15) is 5.75 Å². The van der Waals surface area contributed by atoms with Gasteiger partial charge < -0.3 is 34.6 Å². The lowest BCUT2D eigenvalue weighted by atomic mass is 9.88. The second kappa shape index (κ2) is 13.4. The first-order chi connectivity index (χ1) is 20.7. The molecule has 2 N–H and O–H groups in total. The number of nitrogens with one attached hydrogen (secondary N) is 2. The molecule has 1 aliphatic carbocycles. The maximum atomic E-state index is 14.1. The Hall–Kier alpha value is -3.47. The Morgan fingerprint density at radius 2 is 1.84 bits per heavy atom. The molecule has 2 aromatic carbocycles. The Balaban J connectivity index is 1.33. The summed E-state index contributed by atoms with van der Waals surface area (Å²) in [5, 5.41) is 6.47. The van der Waals surface area contributed by atoms with Gasteiger partial charge in [0.2, 0.25) is 11.8 Å². The van der Waals surface area contributed by atoms with Crippen molar-refractivity contribution in [2.45, 2.75) is 57.2 Å². The van der Waals surface area contributed by atoms with Crippen LogP contribution in [0, 0.1) is 11.8 Å². The fourth-order valence-electron chi connectivity index (χ4n) is 6.03. The zero-order chi connectivity index (χ0) is 30.6. The first-order valence-electron chi connectivity index (χ1n) is 15.3. The van der Waals surface area contributed by atoms with Crippen molar-refractivity contribution in [3.63, 3.8) is 0 Å². The molecule has 0 bridgehead atoms. The van der Waals surface area contributed by atoms with Crippen molar-refractivity contribution in [3.05, 3.63) is 54.1 Å². The van der Waals surface area contributed by atoms with Crippen LogP contribution in [-0.4, -0.2) is 76.4 Å². The summed E-state index contributed by atoms with van der Waals surface area (Å²) in [5.74, 6) is -0.293. The molecule has 3 aliphatic rings. The van der Waals surface area contributed by atoms with E-state index in [1.807, 2.05) is 53.4 Å². The van der Waals surface area contributed by atoms with Crippen LogP contribution in [0.25, 0.3) is 0 Å². The van der Waals surface area contributed by atoms with E-state index in [-0.39, 0.29) is 41.6 Å². The molecule has 1 saturated carbocycles. The predicted molar refractivity (Wildman–Crippen MR) is 164 cm³/mol. The maximum Gasteiger partial charge on any atom is 0.270 e. The largest absolute Gasteiger partial charge is 0.476 e. The number of nitrogens with zero attached hydrogens (tertiary/aromatic N) is 2. The third-order valence-electron chi connectivity index (χ3n) is 8.44. The number of piperidine rings is 1. The molecule has 0 spiro atoms. The van der Waals surface area contributed by atoms with E-state index in [1.165, 1.54) is 0 Å². The number of methoxy groups -OCH3 is 2. The minimum Gasteiger partial charge on any atom is -0.476 e. The molecule has 10 heteroatoms. The number of benzene rings is 2. The minimum absolute atomic E-state index is 0.00160. The topological polar surface area (TPSA) is 109 Å². The summed E-state index contributed by atoms with van der Waals surface area (Å²) >= 11 is 0. The van der Waals surface area contributed by atoms with E-state index in [0.29, 0.717) is 57.1 Å². The van der Waals surface area contributed by atoms with Crippen molar-refractivity contribution in [2.75, 3.05) is 56.9 Å². The normalized spacial score (nSPS) is 21.9. The molecular formula is C33H44N4O6. The van der Waals surface area contributed by atoms with Crippen LogP contribution in [0.1, 0.15) is 51.1 Å². The minimum atomic E-state index is -0.986. The van der Waals surface area contributed by atoms with Gasteiger partial charge in [0.25, 0.3) is 5.91 Å². The molecule has 0 unspecified atom stereocenters. The molecule has 2 fully saturated rings. The highest BCUT2D eigenvalue weighted by atomic mass is 16.5. The third-order valence-corrected chi connectivity index (χ3v) is 8.44. The van der Waals surface area contributed by atoms with Crippen LogP contribution in [0.3, 0.4) is 0 Å². The summed E-state index contributed by atoms with van der Waals surface area (Å²) in [7, 11) is 3.26. The highest BCUT2D eigenvalue weighted by Gasteiger charge is 2.43. The lowest BCUT2D eigenvalue weighted by Crippen LogP contribution is -2.53. The van der Waals surface area contributed by atoms with E-state index in [0.717, 1.165) is 24.1 Å². The number of hydrogen-bond acceptors (Lipinski definition) is 7. The summed E-state index contributed by atoms with van der Waals surface area (Å²) in [6.45, 7) is 5.95. The number of ether oxygens (including phenoxy) is 3. The zero-order valence-electron chi connectivity index (χ0n) is 25.6. The van der Waals surface area contributed by atoms with Gasteiger partial charge in [0.15, 0.2) is 5.60 Å². The lowest BCUT2D eigenvalue weighted by Gasteiger charge is -2.40. The number of carbonyl (C=O) groups excluding carboxylic acids is 3. The molecule has 2 aliphatic heterocycles. The van der Waals surface area contributed by atoms with Crippen molar-refractivity contribution in [1.82, 2.24) is 10.6 Å². The SMILES string of the molecule is COCCCN1C(=O)C(C)(C)Oc2ccc(N(C(=O)[C@H]3CNC[C@@H](C(=O)N[C@@H](COC)c4ccccc4)C3)C3CC3)cc21. The Morgan fingerprint density at radius 1 is 1.09 bits per heavy atom. The molecule has 43 heavy (non-hydrogen) atoms. The Morgan fingerprint density at radius 3 is 2.53 bits per heavy atom. The zero-order valence-corrected chi connectivity index (χ0v) is 25.6. The van der Waals surface area contributed by atoms with Crippen molar-refractivity contribution in [2.24, 2.45) is 11.8 Å². The maximum absolute atomic E-state index is 14.1. The van der Waals surface area contributed by atoms with Crippen LogP contribution in [0.5, 0.6) is 5.75 Å². The van der Waals surface area contributed by atoms with E-state index in [9.17, 15) is 14.4 Å². The van der Waals surface area contributed by atoms with E-state index in [1.54, 1.807) is 33.0 Å². The van der Waals surface area contributed by atoms with Gasteiger partial charge in [-0.15, -0.1) is 0 Å². The van der Waals surface area contributed by atoms with Gasteiger partial charge in [-0.05, 0) is 63.3 Å². The van der Waals surface area contributed by atoms with Crippen LogP contribution >= 0.6 is 0 Å². The molecule has 10 nitrogen and oxygen atoms in total. The van der Waals surface area contributed by atoms with Crippen LogP contribution in [0.15, 0.2) is 48.5 Å².